The summed E-state index contributed by atoms with van der Waals surface area (Å²) in [6.07, 6.45) is 0. The maximum Gasteiger partial charge on any atom is 0.255 e. The molecule has 1 fully saturated rings. The van der Waals surface area contributed by atoms with Gasteiger partial charge in [-0.3, -0.25) is 9.59 Å². The van der Waals surface area contributed by atoms with Gasteiger partial charge in [0.2, 0.25) is 5.91 Å². The van der Waals surface area contributed by atoms with Crippen molar-refractivity contribution >= 4 is 40.6 Å². The average molecular weight is 411 g/mol. The number of hydrogen-bond donors (Lipinski definition) is 2. The lowest BCUT2D eigenvalue weighted by atomic mass is 10.1. The van der Waals surface area contributed by atoms with Crippen LogP contribution >= 0.6 is 11.8 Å². The smallest absolute Gasteiger partial charge is 0.255 e. The van der Waals surface area contributed by atoms with Gasteiger partial charge in [0.05, 0.1) is 10.9 Å². The number of aryl methyl sites for hydroxylation is 1. The predicted octanol–water partition coefficient (Wildman–Crippen LogP) is 3.43. The first-order chi connectivity index (χ1) is 13.9. The summed E-state index contributed by atoms with van der Waals surface area (Å²) < 4.78 is 0. The van der Waals surface area contributed by atoms with Crippen LogP contribution in [0.5, 0.6) is 0 Å². The monoisotopic (exact) mass is 410 g/mol. The van der Waals surface area contributed by atoms with E-state index in [0.29, 0.717) is 11.3 Å². The lowest BCUT2D eigenvalue weighted by Gasteiger charge is -2.34. The number of carbonyl (C=O) groups excluding carboxylic acids is 2. The summed E-state index contributed by atoms with van der Waals surface area (Å²) in [5.74, 6) is -0.212. The molecule has 1 atom stereocenters. The highest BCUT2D eigenvalue weighted by molar-refractivity contribution is 8.00. The van der Waals surface area contributed by atoms with E-state index in [9.17, 15) is 9.59 Å². The van der Waals surface area contributed by atoms with Crippen LogP contribution in [0.3, 0.4) is 0 Å². The Morgan fingerprint density at radius 1 is 1.14 bits per heavy atom. The van der Waals surface area contributed by atoms with Gasteiger partial charge in [0, 0.05) is 48.0 Å². The molecule has 1 saturated heterocycles. The van der Waals surface area contributed by atoms with Crippen LogP contribution in [-0.4, -0.2) is 55.2 Å². The van der Waals surface area contributed by atoms with Crippen LogP contribution < -0.4 is 15.5 Å². The number of piperazine rings is 1. The number of nitrogens with zero attached hydrogens (tertiary/aromatic N) is 2. The minimum atomic E-state index is -0.180. The Hall–Kier alpha value is -2.51. The van der Waals surface area contributed by atoms with Gasteiger partial charge in [-0.1, -0.05) is 0 Å². The number of thioether (sulfide) groups is 1. The summed E-state index contributed by atoms with van der Waals surface area (Å²) in [5.41, 5.74) is 4.26. The molecule has 0 aliphatic carbocycles. The van der Waals surface area contributed by atoms with Gasteiger partial charge in [-0.15, -0.1) is 11.8 Å². The van der Waals surface area contributed by atoms with Crippen molar-refractivity contribution in [2.45, 2.75) is 24.0 Å². The van der Waals surface area contributed by atoms with Gasteiger partial charge in [-0.25, -0.2) is 0 Å². The molecule has 0 aromatic heterocycles. The summed E-state index contributed by atoms with van der Waals surface area (Å²) in [5, 5.41) is 5.76. The molecule has 0 saturated carbocycles. The third kappa shape index (κ3) is 4.26. The molecule has 2 aliphatic rings. The number of hydrogen-bond acceptors (Lipinski definition) is 5. The number of likely N-dealkylation sites (N-methyl/N-ethyl adjacent to an activating group) is 1. The Kier molecular flexibility index (Phi) is 5.52. The molecule has 152 valence electrons. The van der Waals surface area contributed by atoms with Gasteiger partial charge in [-0.2, -0.15) is 0 Å². The van der Waals surface area contributed by atoms with E-state index >= 15 is 0 Å². The second-order valence-corrected chi connectivity index (χ2v) is 9.09. The van der Waals surface area contributed by atoms with E-state index in [2.05, 4.69) is 39.6 Å². The zero-order valence-electron chi connectivity index (χ0n) is 17.0. The first kappa shape index (κ1) is 19.8. The molecule has 4 rings (SSSR count). The van der Waals surface area contributed by atoms with Crippen LogP contribution in [0.4, 0.5) is 17.1 Å². The maximum absolute atomic E-state index is 12.8. The average Bonchev–Trinajstić information content (AvgIpc) is 2.70. The predicted molar refractivity (Wildman–Crippen MR) is 119 cm³/mol. The Bertz CT molecular complexity index is 954. The minimum Gasteiger partial charge on any atom is -0.369 e. The van der Waals surface area contributed by atoms with Gasteiger partial charge >= 0.3 is 0 Å². The molecule has 2 amide bonds. The molecule has 2 aromatic rings. The molecule has 6 nitrogen and oxygen atoms in total. The van der Waals surface area contributed by atoms with Crippen molar-refractivity contribution in [1.82, 2.24) is 4.90 Å². The number of anilines is 3. The third-order valence-electron chi connectivity index (χ3n) is 5.50. The van der Waals surface area contributed by atoms with Crippen molar-refractivity contribution in [2.75, 3.05) is 48.8 Å². The van der Waals surface area contributed by atoms with E-state index in [-0.39, 0.29) is 17.1 Å². The van der Waals surface area contributed by atoms with Crippen molar-refractivity contribution in [1.29, 1.82) is 0 Å². The quantitative estimate of drug-likeness (QED) is 0.812. The first-order valence-corrected chi connectivity index (χ1v) is 10.8. The number of benzene rings is 2. The van der Waals surface area contributed by atoms with Crippen molar-refractivity contribution in [3.8, 4) is 0 Å². The van der Waals surface area contributed by atoms with Gasteiger partial charge < -0.3 is 20.4 Å². The SMILES string of the molecule is Cc1cc(N2CCN(C)CC2)ccc1NC(=O)c1ccc2c(c1)NC(=O)[C@H](C)S2. The largest absolute Gasteiger partial charge is 0.369 e. The lowest BCUT2D eigenvalue weighted by molar-refractivity contribution is -0.115. The molecule has 2 aliphatic heterocycles. The number of fused-ring (bicyclic) bond motifs is 1. The number of nitrogens with one attached hydrogen (secondary N) is 2. The molecule has 0 bridgehead atoms. The fourth-order valence-electron chi connectivity index (χ4n) is 3.59. The van der Waals surface area contributed by atoms with Crippen molar-refractivity contribution in [2.24, 2.45) is 0 Å². The Balaban J connectivity index is 1.47. The highest BCUT2D eigenvalue weighted by atomic mass is 32.2. The maximum atomic E-state index is 12.8. The van der Waals surface area contributed by atoms with Gasteiger partial charge in [0.1, 0.15) is 0 Å². The second-order valence-electron chi connectivity index (χ2n) is 7.70. The highest BCUT2D eigenvalue weighted by Crippen LogP contribution is 2.36. The van der Waals surface area contributed by atoms with Crippen LogP contribution in [0.1, 0.15) is 22.8 Å². The molecule has 2 N–H and O–H groups in total. The zero-order chi connectivity index (χ0) is 20.5. The van der Waals surface area contributed by atoms with Crippen LogP contribution in [0, 0.1) is 6.92 Å². The molecule has 0 spiro atoms. The summed E-state index contributed by atoms with van der Waals surface area (Å²) in [4.78, 5) is 30.4. The number of carbonyl (C=O) groups is 2. The Labute approximate surface area is 175 Å². The normalized spacial score (nSPS) is 19.5. The number of amides is 2. The minimum absolute atomic E-state index is 0.0320. The summed E-state index contributed by atoms with van der Waals surface area (Å²) >= 11 is 1.51. The molecule has 0 unspecified atom stereocenters. The molecule has 29 heavy (non-hydrogen) atoms. The van der Waals surface area contributed by atoms with Gasteiger partial charge in [0.25, 0.3) is 5.91 Å². The van der Waals surface area contributed by atoms with E-state index in [1.165, 1.54) is 17.4 Å². The summed E-state index contributed by atoms with van der Waals surface area (Å²) in [6, 6.07) is 11.6. The second kappa shape index (κ2) is 8.08. The lowest BCUT2D eigenvalue weighted by Crippen LogP contribution is -2.44. The number of rotatable bonds is 3. The molecule has 2 aromatic carbocycles. The molecule has 0 radical (unpaired) electrons. The summed E-state index contributed by atoms with van der Waals surface area (Å²) in [7, 11) is 2.15. The molecule has 2 heterocycles. The van der Waals surface area contributed by atoms with Crippen molar-refractivity contribution < 1.29 is 9.59 Å². The van der Waals surface area contributed by atoms with Crippen LogP contribution in [0.2, 0.25) is 0 Å². The van der Waals surface area contributed by atoms with Crippen molar-refractivity contribution in [3.05, 3.63) is 47.5 Å². The molecular weight excluding hydrogens is 384 g/mol. The standard InChI is InChI=1S/C22H26N4O2S/c1-14-12-17(26-10-8-25(3)9-11-26)5-6-18(14)23-22(28)16-4-7-20-19(13-16)24-21(27)15(2)29-20/h4-7,12-13,15H,8-11H2,1-3H3,(H,23,28)(H,24,27)/t15-/m0/s1. The molecule has 7 heteroatoms. The van der Waals surface area contributed by atoms with Crippen molar-refractivity contribution in [3.63, 3.8) is 0 Å². The fraction of sp³-hybridized carbons (Fsp3) is 0.364. The van der Waals surface area contributed by atoms with E-state index in [1.807, 2.05) is 26.0 Å². The Morgan fingerprint density at radius 3 is 2.62 bits per heavy atom. The summed E-state index contributed by atoms with van der Waals surface area (Å²) in [6.45, 7) is 8.03. The molecular formula is C22H26N4O2S. The highest BCUT2D eigenvalue weighted by Gasteiger charge is 2.24. The first-order valence-electron chi connectivity index (χ1n) is 9.88. The van der Waals surface area contributed by atoms with Gasteiger partial charge in [-0.05, 0) is 62.9 Å². The van der Waals surface area contributed by atoms with Gasteiger partial charge in [0.15, 0.2) is 0 Å². The third-order valence-corrected chi connectivity index (χ3v) is 6.68. The topological polar surface area (TPSA) is 64.7 Å². The van der Waals surface area contributed by atoms with Crippen LogP contribution in [0.25, 0.3) is 0 Å². The van der Waals surface area contributed by atoms with E-state index in [0.717, 1.165) is 42.3 Å². The zero-order valence-corrected chi connectivity index (χ0v) is 17.8. The van der Waals surface area contributed by atoms with Crippen LogP contribution in [-0.2, 0) is 4.79 Å². The van der Waals surface area contributed by atoms with Crippen LogP contribution in [0.15, 0.2) is 41.3 Å². The van der Waals surface area contributed by atoms with E-state index in [1.54, 1.807) is 12.1 Å². The fourth-order valence-corrected chi connectivity index (χ4v) is 4.52. The van der Waals surface area contributed by atoms with E-state index < -0.39 is 0 Å². The van der Waals surface area contributed by atoms with E-state index in [4.69, 9.17) is 0 Å². The Morgan fingerprint density at radius 2 is 1.90 bits per heavy atom.